The molecule has 0 radical (unpaired) electrons. The normalized spacial score (nSPS) is 11.0. The smallest absolute Gasteiger partial charge is 0.870 e. The van der Waals surface area contributed by atoms with Crippen LogP contribution in [0.1, 0.15) is 0 Å². The molecule has 0 aliphatic rings. The van der Waals surface area contributed by atoms with Crippen LogP contribution in [0.15, 0.2) is 72.8 Å². The minimum absolute atomic E-state index is 0. The van der Waals surface area contributed by atoms with Gasteiger partial charge in [0.25, 0.3) is 0 Å². The number of fused-ring (bicyclic) bond motifs is 2. The van der Waals surface area contributed by atoms with E-state index in [9.17, 15) is 81.5 Å². The summed E-state index contributed by atoms with van der Waals surface area (Å²) in [6.07, 6.45) is 0. The number of ether oxygens (including phenoxy) is 4. The molecule has 4 aromatic rings. The predicted octanol–water partition coefficient (Wildman–Crippen LogP) is -6.06. The number of halogens is 7. The van der Waals surface area contributed by atoms with Crippen molar-refractivity contribution in [3.8, 4) is 23.0 Å². The molecule has 0 aromatic heterocycles. The second kappa shape index (κ2) is 30.7. The molecule has 0 heterocycles. The van der Waals surface area contributed by atoms with Crippen LogP contribution in [0.2, 0.25) is 0 Å². The molecule has 0 amide bonds. The number of hydrogen-bond acceptors (Lipinski definition) is 20. The fourth-order valence-electron chi connectivity index (χ4n) is 3.72. The first-order valence-corrected chi connectivity index (χ1v) is 18.7. The minimum atomic E-state index is -6.22. The third-order valence-corrected chi connectivity index (χ3v) is 8.42. The van der Waals surface area contributed by atoms with Gasteiger partial charge in [0, 0.05) is 21.5 Å². The number of aliphatic hydroxyl groups excluding tert-OH is 1. The summed E-state index contributed by atoms with van der Waals surface area (Å²) in [4.78, 5) is 30.3. The SMILES string of the molecule is COC(=O)C(F)(F)S(=O)(=O)F.O=C(O)C(F)(F)S(=O)(=O)[O-].O=C(OCCOc1cccc2c(O)cccc12)C(F)(F)SOO[O-].OCCOc1cccc2c(O)cccc12.[Na+].[Na+].[Na+].[OH-]. The molecule has 0 atom stereocenters. The Labute approximate surface area is 427 Å². The molecule has 64 heavy (non-hydrogen) atoms. The Morgan fingerprint density at radius 3 is 1.42 bits per heavy atom. The van der Waals surface area contributed by atoms with Crippen molar-refractivity contribution in [1.29, 1.82) is 0 Å². The zero-order valence-electron chi connectivity index (χ0n) is 33.0. The Kier molecular flexibility index (Phi) is 32.7. The molecule has 342 valence electrons. The van der Waals surface area contributed by atoms with Gasteiger partial charge in [-0.1, -0.05) is 52.4 Å². The number of carboxylic acid groups (broad SMARTS) is 1. The van der Waals surface area contributed by atoms with E-state index in [4.69, 9.17) is 19.7 Å². The van der Waals surface area contributed by atoms with Gasteiger partial charge in [-0.2, -0.15) is 39.1 Å². The number of methoxy groups -OCH3 is 1. The van der Waals surface area contributed by atoms with E-state index in [0.29, 0.717) is 29.4 Å². The molecule has 4 rings (SSSR count). The minimum Gasteiger partial charge on any atom is -0.870 e. The summed E-state index contributed by atoms with van der Waals surface area (Å²) in [7, 11) is -11.8. The number of carboxylic acids is 1. The third kappa shape index (κ3) is 20.6. The van der Waals surface area contributed by atoms with E-state index in [1.807, 2.05) is 24.3 Å². The Bertz CT molecular complexity index is 2320. The van der Waals surface area contributed by atoms with Crippen molar-refractivity contribution >= 4 is 71.8 Å². The molecule has 0 unspecified atom stereocenters. The van der Waals surface area contributed by atoms with Gasteiger partial charge in [-0.3, -0.25) is 5.04 Å². The van der Waals surface area contributed by atoms with Gasteiger partial charge >= 0.3 is 133 Å². The molecule has 5 N–H and O–H groups in total. The average Bonchev–Trinajstić information content (AvgIpc) is 3.17. The van der Waals surface area contributed by atoms with Crippen molar-refractivity contribution in [3.05, 3.63) is 72.8 Å². The van der Waals surface area contributed by atoms with Crippen LogP contribution in [-0.4, -0.2) is 114 Å². The number of carbonyl (C=O) groups excluding carboxylic acids is 2. The Morgan fingerprint density at radius 2 is 1.09 bits per heavy atom. The van der Waals surface area contributed by atoms with Gasteiger partial charge in [-0.25, -0.2) is 22.8 Å². The molecule has 0 fully saturated rings. The fraction of sp³-hybridized carbons (Fsp3) is 0.258. The number of aliphatic carboxylic acids is 1. The molecule has 0 aliphatic carbocycles. The summed E-state index contributed by atoms with van der Waals surface area (Å²) >= 11 is -0.766. The molecule has 0 bridgehead atoms. The molecule has 0 spiro atoms. The number of esters is 2. The zero-order valence-corrected chi connectivity index (χ0v) is 41.4. The van der Waals surface area contributed by atoms with E-state index in [1.165, 1.54) is 6.07 Å². The van der Waals surface area contributed by atoms with Crippen LogP contribution in [0.4, 0.5) is 30.2 Å². The number of aromatic hydroxyl groups is 2. The summed E-state index contributed by atoms with van der Waals surface area (Å²) in [6.45, 7) is -0.410. The van der Waals surface area contributed by atoms with Crippen molar-refractivity contribution < 1.29 is 214 Å². The van der Waals surface area contributed by atoms with Crippen LogP contribution in [0.3, 0.4) is 0 Å². The second-order valence-corrected chi connectivity index (χ2v) is 13.9. The number of rotatable bonds is 15. The van der Waals surface area contributed by atoms with E-state index in [1.54, 1.807) is 42.5 Å². The second-order valence-electron chi connectivity index (χ2n) is 10.3. The maximum atomic E-state index is 13.1. The quantitative estimate of drug-likeness (QED) is 0.00991. The van der Waals surface area contributed by atoms with Crippen LogP contribution in [0.5, 0.6) is 23.0 Å². The van der Waals surface area contributed by atoms with Gasteiger partial charge in [0.15, 0.2) is 10.1 Å². The van der Waals surface area contributed by atoms with Crippen LogP contribution in [0.25, 0.3) is 21.5 Å². The first-order chi connectivity index (χ1) is 27.7. The maximum Gasteiger partial charge on any atom is 1.00 e. The Hall–Kier alpha value is -2.47. The number of hydrogen-bond donors (Lipinski definition) is 4. The van der Waals surface area contributed by atoms with Crippen molar-refractivity contribution in [2.45, 2.75) is 15.8 Å². The molecule has 0 saturated heterocycles. The van der Waals surface area contributed by atoms with Gasteiger partial charge < -0.3 is 54.7 Å². The van der Waals surface area contributed by atoms with Crippen molar-refractivity contribution in [1.82, 2.24) is 0 Å². The van der Waals surface area contributed by atoms with E-state index in [2.05, 4.69) is 18.8 Å². The van der Waals surface area contributed by atoms with Gasteiger partial charge in [-0.05, 0) is 24.3 Å². The molecule has 33 heteroatoms. The third-order valence-electron chi connectivity index (χ3n) is 6.34. The average molecular weight is 1020 g/mol. The van der Waals surface area contributed by atoms with Crippen molar-refractivity contribution in [2.24, 2.45) is 0 Å². The maximum absolute atomic E-state index is 13.1. The van der Waals surface area contributed by atoms with E-state index in [-0.39, 0.29) is 125 Å². The fourth-order valence-corrected chi connectivity index (χ4v) is 4.46. The first-order valence-electron chi connectivity index (χ1n) is 15.2. The summed E-state index contributed by atoms with van der Waals surface area (Å²) in [5.74, 6) is -5.93. The van der Waals surface area contributed by atoms with Crippen molar-refractivity contribution in [3.63, 3.8) is 0 Å². The number of phenols is 2. The molecule has 20 nitrogen and oxygen atoms in total. The molecule has 0 aliphatic heterocycles. The first kappa shape index (κ1) is 68.1. The predicted molar refractivity (Wildman–Crippen MR) is 186 cm³/mol. The number of alkyl halides is 6. The van der Waals surface area contributed by atoms with Crippen LogP contribution < -0.4 is 103 Å². The standard InChI is InChI=1S/C14H12F2O7S.C12H12O3.C3H3F3O4S.C2H2F2O5S.3Na.H2O/c15-14(16,24-23-22-19)13(18)21-8-7-20-12-6-2-3-9-10(12)4-1-5-11(9)17;13-7-8-15-12-6-2-3-9-10(12)4-1-5-11(9)14;1-10-2(7)3(4,5)11(6,8)9;3-2(4,1(5)6)10(7,8)9;;;;/h1-6,17,19H,7-8H2;1-6,13-14H,7-8H2;1H3;(H,5,6)(H,7,8,9);;;;1H2/q;;;;3*+1;/p-3. The molecular weight excluding hydrogens is 990 g/mol. The number of phenolic OH excluding ortho intramolecular Hbond substituents is 2. The summed E-state index contributed by atoms with van der Waals surface area (Å²) < 4.78 is 154. The Balaban J connectivity index is -0.000000392. The van der Waals surface area contributed by atoms with Gasteiger partial charge in [0.2, 0.25) is 0 Å². The summed E-state index contributed by atoms with van der Waals surface area (Å²) in [5, 5.41) is 36.1. The van der Waals surface area contributed by atoms with Gasteiger partial charge in [0.05, 0.1) is 13.7 Å². The molecular formula is C31H28F7Na3O20S3. The van der Waals surface area contributed by atoms with E-state index >= 15 is 0 Å². The largest absolute Gasteiger partial charge is 1.00 e. The van der Waals surface area contributed by atoms with Gasteiger partial charge in [-0.15, -0.1) is 0 Å². The molecule has 4 aromatic carbocycles. The van der Waals surface area contributed by atoms with Crippen LogP contribution >= 0.6 is 12.0 Å². The van der Waals surface area contributed by atoms with Crippen molar-refractivity contribution in [2.75, 3.05) is 33.5 Å². The van der Waals surface area contributed by atoms with E-state index in [0.717, 1.165) is 10.8 Å². The van der Waals surface area contributed by atoms with Crippen LogP contribution in [0, 0.1) is 0 Å². The number of carbonyl (C=O) groups is 3. The number of benzene rings is 4. The zero-order chi connectivity index (χ0) is 46.1. The van der Waals surface area contributed by atoms with E-state index < -0.39 is 72.7 Å². The monoisotopic (exact) mass is 1020 g/mol. The topological polar surface area (TPSA) is 332 Å². The van der Waals surface area contributed by atoms with Crippen LogP contribution in [-0.2, 0) is 53.6 Å². The summed E-state index contributed by atoms with van der Waals surface area (Å²) in [6, 6.07) is 20.5. The summed E-state index contributed by atoms with van der Waals surface area (Å²) in [5.41, 5.74) is 0. The Morgan fingerprint density at radius 1 is 0.688 bits per heavy atom. The van der Waals surface area contributed by atoms with Gasteiger partial charge in [0.1, 0.15) is 54.9 Å². The molecule has 0 saturated carbocycles. The number of aliphatic hydroxyl groups is 1.